The maximum absolute atomic E-state index is 12.9. The normalized spacial score (nSPS) is 11.1. The summed E-state index contributed by atoms with van der Waals surface area (Å²) in [6, 6.07) is 23.1. The van der Waals surface area contributed by atoms with Crippen molar-refractivity contribution in [3.05, 3.63) is 95.8 Å². The summed E-state index contributed by atoms with van der Waals surface area (Å²) in [4.78, 5) is 17.2. The van der Waals surface area contributed by atoms with Gasteiger partial charge in [-0.25, -0.2) is 0 Å². The molecule has 136 valence electrons. The van der Waals surface area contributed by atoms with Crippen LogP contribution in [0, 0.1) is 0 Å². The van der Waals surface area contributed by atoms with E-state index in [1.807, 2.05) is 78.9 Å². The standard InChI is InChI=1S/C23H22N2O2/c1-27-22-13-6-5-11-19(22)17-21(18-9-3-2-4-10-18)23(26)25-16-14-20-12-7-8-15-24-20/h2-13,15,17H,14,16H2,1H3,(H,25,26)/b21-17+. The fourth-order valence-corrected chi connectivity index (χ4v) is 2.78. The number of methoxy groups -OCH3 is 1. The molecule has 1 heterocycles. The number of benzene rings is 2. The summed E-state index contributed by atoms with van der Waals surface area (Å²) in [6.07, 6.45) is 4.31. The third kappa shape index (κ3) is 5.05. The second-order valence-electron chi connectivity index (χ2n) is 5.99. The van der Waals surface area contributed by atoms with Crippen LogP contribution in [0.5, 0.6) is 5.75 Å². The van der Waals surface area contributed by atoms with Crippen LogP contribution >= 0.6 is 0 Å². The first-order chi connectivity index (χ1) is 13.3. The Morgan fingerprint density at radius 3 is 2.48 bits per heavy atom. The van der Waals surface area contributed by atoms with Crippen LogP contribution in [-0.2, 0) is 11.2 Å². The molecule has 0 saturated carbocycles. The molecule has 0 bridgehead atoms. The van der Waals surface area contributed by atoms with Crippen LogP contribution in [-0.4, -0.2) is 24.5 Å². The minimum Gasteiger partial charge on any atom is -0.496 e. The largest absolute Gasteiger partial charge is 0.496 e. The number of pyridine rings is 1. The number of rotatable bonds is 7. The quantitative estimate of drug-likeness (QED) is 0.513. The van der Waals surface area contributed by atoms with Gasteiger partial charge in [0.15, 0.2) is 0 Å². The molecule has 27 heavy (non-hydrogen) atoms. The van der Waals surface area contributed by atoms with Gasteiger partial charge in [-0.05, 0) is 29.8 Å². The second-order valence-corrected chi connectivity index (χ2v) is 5.99. The molecule has 1 aromatic heterocycles. The SMILES string of the molecule is COc1ccccc1/C=C(/C(=O)NCCc1ccccn1)c1ccccc1. The lowest BCUT2D eigenvalue weighted by Crippen LogP contribution is -2.26. The first kappa shape index (κ1) is 18.4. The zero-order valence-electron chi connectivity index (χ0n) is 15.3. The molecular weight excluding hydrogens is 336 g/mol. The second kappa shape index (κ2) is 9.34. The van der Waals surface area contributed by atoms with E-state index in [-0.39, 0.29) is 5.91 Å². The van der Waals surface area contributed by atoms with Crippen molar-refractivity contribution in [3.8, 4) is 5.75 Å². The Bertz CT molecular complexity index is 906. The van der Waals surface area contributed by atoms with Crippen LogP contribution in [0.2, 0.25) is 0 Å². The molecule has 0 saturated heterocycles. The molecular formula is C23H22N2O2. The third-order valence-corrected chi connectivity index (χ3v) is 4.16. The topological polar surface area (TPSA) is 51.2 Å². The van der Waals surface area contributed by atoms with Crippen LogP contribution in [0.25, 0.3) is 11.6 Å². The Kier molecular flexibility index (Phi) is 6.36. The number of amides is 1. The van der Waals surface area contributed by atoms with Gasteiger partial charge in [0.2, 0.25) is 0 Å². The molecule has 0 unspecified atom stereocenters. The maximum atomic E-state index is 12.9. The van der Waals surface area contributed by atoms with E-state index < -0.39 is 0 Å². The number of aromatic nitrogens is 1. The van der Waals surface area contributed by atoms with Gasteiger partial charge in [-0.15, -0.1) is 0 Å². The highest BCUT2D eigenvalue weighted by atomic mass is 16.5. The average molecular weight is 358 g/mol. The van der Waals surface area contributed by atoms with E-state index in [4.69, 9.17) is 4.74 Å². The predicted molar refractivity (Wildman–Crippen MR) is 108 cm³/mol. The van der Waals surface area contributed by atoms with Gasteiger partial charge in [0.05, 0.1) is 7.11 Å². The van der Waals surface area contributed by atoms with Gasteiger partial charge < -0.3 is 10.1 Å². The fraction of sp³-hybridized carbons (Fsp3) is 0.130. The number of nitrogens with one attached hydrogen (secondary N) is 1. The molecule has 0 aliphatic heterocycles. The van der Waals surface area contributed by atoms with Crippen LogP contribution < -0.4 is 10.1 Å². The summed E-state index contributed by atoms with van der Waals surface area (Å²) in [5.74, 6) is 0.607. The van der Waals surface area contributed by atoms with Gasteiger partial charge in [-0.2, -0.15) is 0 Å². The van der Waals surface area contributed by atoms with E-state index in [0.29, 0.717) is 18.5 Å². The Hall–Kier alpha value is -3.40. The summed E-state index contributed by atoms with van der Waals surface area (Å²) in [7, 11) is 1.63. The van der Waals surface area contributed by atoms with Crippen LogP contribution in [0.15, 0.2) is 79.0 Å². The smallest absolute Gasteiger partial charge is 0.251 e. The van der Waals surface area contributed by atoms with Gasteiger partial charge >= 0.3 is 0 Å². The molecule has 0 spiro atoms. The zero-order valence-corrected chi connectivity index (χ0v) is 15.3. The first-order valence-electron chi connectivity index (χ1n) is 8.86. The van der Waals surface area contributed by atoms with Gasteiger partial charge in [0, 0.05) is 36.0 Å². The van der Waals surface area contributed by atoms with E-state index in [1.165, 1.54) is 0 Å². The Morgan fingerprint density at radius 2 is 1.74 bits per heavy atom. The van der Waals surface area contributed by atoms with Crippen molar-refractivity contribution >= 4 is 17.6 Å². The highest BCUT2D eigenvalue weighted by Crippen LogP contribution is 2.24. The predicted octanol–water partition coefficient (Wildman–Crippen LogP) is 3.99. The Balaban J connectivity index is 1.82. The minimum absolute atomic E-state index is 0.122. The Labute approximate surface area is 159 Å². The number of ether oxygens (including phenoxy) is 1. The van der Waals surface area contributed by atoms with E-state index in [2.05, 4.69) is 10.3 Å². The lowest BCUT2D eigenvalue weighted by Gasteiger charge is -2.11. The molecule has 4 heteroatoms. The van der Waals surface area contributed by atoms with Crippen molar-refractivity contribution in [1.29, 1.82) is 0 Å². The lowest BCUT2D eigenvalue weighted by atomic mass is 10.0. The van der Waals surface area contributed by atoms with E-state index in [9.17, 15) is 4.79 Å². The van der Waals surface area contributed by atoms with Gasteiger partial charge in [-0.3, -0.25) is 9.78 Å². The summed E-state index contributed by atoms with van der Waals surface area (Å²) < 4.78 is 5.42. The molecule has 0 aliphatic rings. The molecule has 3 aromatic rings. The van der Waals surface area contributed by atoms with Crippen molar-refractivity contribution in [2.45, 2.75) is 6.42 Å². The highest BCUT2D eigenvalue weighted by molar-refractivity contribution is 6.24. The number of carbonyl (C=O) groups is 1. The molecule has 0 atom stereocenters. The number of hydrogen-bond donors (Lipinski definition) is 1. The number of nitrogens with zero attached hydrogens (tertiary/aromatic N) is 1. The molecule has 0 aliphatic carbocycles. The fourth-order valence-electron chi connectivity index (χ4n) is 2.78. The van der Waals surface area contributed by atoms with Gasteiger partial charge in [0.1, 0.15) is 5.75 Å². The van der Waals surface area contributed by atoms with Crippen molar-refractivity contribution < 1.29 is 9.53 Å². The number of para-hydroxylation sites is 1. The van der Waals surface area contributed by atoms with Crippen molar-refractivity contribution in [1.82, 2.24) is 10.3 Å². The van der Waals surface area contributed by atoms with Crippen molar-refractivity contribution in [3.63, 3.8) is 0 Å². The zero-order chi connectivity index (χ0) is 18.9. The molecule has 1 N–H and O–H groups in total. The number of hydrogen-bond acceptors (Lipinski definition) is 3. The van der Waals surface area contributed by atoms with E-state index in [1.54, 1.807) is 13.3 Å². The summed E-state index contributed by atoms with van der Waals surface area (Å²) >= 11 is 0. The summed E-state index contributed by atoms with van der Waals surface area (Å²) in [5.41, 5.74) is 3.27. The van der Waals surface area contributed by atoms with Crippen LogP contribution in [0.3, 0.4) is 0 Å². The maximum Gasteiger partial charge on any atom is 0.251 e. The molecule has 0 fully saturated rings. The third-order valence-electron chi connectivity index (χ3n) is 4.16. The van der Waals surface area contributed by atoms with Gasteiger partial charge in [-0.1, -0.05) is 54.6 Å². The molecule has 0 radical (unpaired) electrons. The Morgan fingerprint density at radius 1 is 1.00 bits per heavy atom. The van der Waals surface area contributed by atoms with Crippen molar-refractivity contribution in [2.24, 2.45) is 0 Å². The number of carbonyl (C=O) groups excluding carboxylic acids is 1. The molecule has 3 rings (SSSR count). The first-order valence-corrected chi connectivity index (χ1v) is 8.86. The van der Waals surface area contributed by atoms with Crippen molar-refractivity contribution in [2.75, 3.05) is 13.7 Å². The monoisotopic (exact) mass is 358 g/mol. The van der Waals surface area contributed by atoms with Crippen LogP contribution in [0.4, 0.5) is 0 Å². The highest BCUT2D eigenvalue weighted by Gasteiger charge is 2.13. The lowest BCUT2D eigenvalue weighted by molar-refractivity contribution is -0.115. The van der Waals surface area contributed by atoms with E-state index in [0.717, 1.165) is 22.6 Å². The average Bonchev–Trinajstić information content (AvgIpc) is 2.73. The molecule has 2 aromatic carbocycles. The summed E-state index contributed by atoms with van der Waals surface area (Å²) in [5, 5.41) is 3.00. The van der Waals surface area contributed by atoms with Crippen LogP contribution in [0.1, 0.15) is 16.8 Å². The summed E-state index contributed by atoms with van der Waals surface area (Å²) in [6.45, 7) is 0.520. The molecule has 4 nitrogen and oxygen atoms in total. The minimum atomic E-state index is -0.122. The van der Waals surface area contributed by atoms with Gasteiger partial charge in [0.25, 0.3) is 5.91 Å². The van der Waals surface area contributed by atoms with E-state index >= 15 is 0 Å². The molecule has 1 amide bonds.